The van der Waals surface area contributed by atoms with Crippen molar-refractivity contribution < 1.29 is 4.79 Å². The minimum Gasteiger partial charge on any atom is -0.357 e. The van der Waals surface area contributed by atoms with Crippen LogP contribution in [0.25, 0.3) is 16.7 Å². The molecule has 31 heavy (non-hydrogen) atoms. The Kier molecular flexibility index (Phi) is 4.66. The van der Waals surface area contributed by atoms with Gasteiger partial charge < -0.3 is 4.90 Å². The van der Waals surface area contributed by atoms with Gasteiger partial charge in [0.15, 0.2) is 11.6 Å². The number of para-hydroxylation sites is 2. The summed E-state index contributed by atoms with van der Waals surface area (Å²) in [4.78, 5) is 27.2. The number of anilines is 2. The molecule has 0 fully saturated rings. The third-order valence-corrected chi connectivity index (χ3v) is 5.76. The van der Waals surface area contributed by atoms with E-state index < -0.39 is 0 Å². The van der Waals surface area contributed by atoms with E-state index in [4.69, 9.17) is 9.97 Å². The molecule has 0 spiro atoms. The molecule has 4 aromatic rings. The highest BCUT2D eigenvalue weighted by atomic mass is 16.2. The highest BCUT2D eigenvalue weighted by Crippen LogP contribution is 2.31. The lowest BCUT2D eigenvalue weighted by Crippen LogP contribution is -2.32. The maximum Gasteiger partial charge on any atom is 0.263 e. The average Bonchev–Trinajstić information content (AvgIpc) is 3.08. The fraction of sp³-hybridized carbons (Fsp3) is 0.250. The molecule has 1 amide bonds. The van der Waals surface area contributed by atoms with Gasteiger partial charge in [-0.15, -0.1) is 0 Å². The van der Waals surface area contributed by atoms with Gasteiger partial charge in [0.25, 0.3) is 5.91 Å². The molecular formula is C24H24N6O. The summed E-state index contributed by atoms with van der Waals surface area (Å²) in [6, 6.07) is 15.9. The number of rotatable bonds is 2. The minimum absolute atomic E-state index is 0.0995. The molecule has 7 heteroatoms. The van der Waals surface area contributed by atoms with Gasteiger partial charge in [-0.3, -0.25) is 9.69 Å². The van der Waals surface area contributed by atoms with Gasteiger partial charge in [-0.05, 0) is 50.1 Å². The SMILES string of the molecule is Cc1cccc(-n2ncc(C(=O)N3CCCN(C)c4nc5ccccc5nc43)c2C)c1. The number of hydrogen-bond acceptors (Lipinski definition) is 5. The lowest BCUT2D eigenvalue weighted by Gasteiger charge is -2.22. The molecular weight excluding hydrogens is 388 g/mol. The van der Waals surface area contributed by atoms with Crippen molar-refractivity contribution in [2.75, 3.05) is 29.9 Å². The first kappa shape index (κ1) is 19.2. The lowest BCUT2D eigenvalue weighted by molar-refractivity contribution is 0.0986. The topological polar surface area (TPSA) is 67.2 Å². The van der Waals surface area contributed by atoms with Crippen molar-refractivity contribution in [3.63, 3.8) is 0 Å². The van der Waals surface area contributed by atoms with Crippen molar-refractivity contribution in [1.82, 2.24) is 19.7 Å². The van der Waals surface area contributed by atoms with E-state index in [-0.39, 0.29) is 5.91 Å². The van der Waals surface area contributed by atoms with Gasteiger partial charge >= 0.3 is 0 Å². The number of hydrogen-bond donors (Lipinski definition) is 0. The fourth-order valence-electron chi connectivity index (χ4n) is 4.08. The smallest absolute Gasteiger partial charge is 0.263 e. The van der Waals surface area contributed by atoms with Gasteiger partial charge in [0.05, 0.1) is 34.2 Å². The van der Waals surface area contributed by atoms with Gasteiger partial charge in [0.2, 0.25) is 0 Å². The molecule has 3 heterocycles. The van der Waals surface area contributed by atoms with E-state index >= 15 is 0 Å². The van der Waals surface area contributed by atoms with E-state index in [1.165, 1.54) is 0 Å². The van der Waals surface area contributed by atoms with E-state index in [9.17, 15) is 4.79 Å². The van der Waals surface area contributed by atoms with Crippen molar-refractivity contribution >= 4 is 28.6 Å². The van der Waals surface area contributed by atoms with E-state index in [2.05, 4.69) is 16.1 Å². The Morgan fingerprint density at radius 3 is 2.42 bits per heavy atom. The molecule has 0 saturated carbocycles. The van der Waals surface area contributed by atoms with Crippen LogP contribution < -0.4 is 9.80 Å². The summed E-state index contributed by atoms with van der Waals surface area (Å²) in [5.74, 6) is 1.23. The van der Waals surface area contributed by atoms with Crippen LogP contribution in [0.3, 0.4) is 0 Å². The lowest BCUT2D eigenvalue weighted by atomic mass is 10.2. The Hall–Kier alpha value is -3.74. The third kappa shape index (κ3) is 3.32. The van der Waals surface area contributed by atoms with Crippen molar-refractivity contribution in [2.45, 2.75) is 20.3 Å². The normalized spacial score (nSPS) is 13.9. The molecule has 7 nitrogen and oxygen atoms in total. The number of fused-ring (bicyclic) bond motifs is 2. The predicted octanol–water partition coefficient (Wildman–Crippen LogP) is 3.92. The van der Waals surface area contributed by atoms with E-state index in [1.54, 1.807) is 11.1 Å². The third-order valence-electron chi connectivity index (χ3n) is 5.76. The van der Waals surface area contributed by atoms with Crippen LogP contribution in [0, 0.1) is 13.8 Å². The molecule has 0 unspecified atom stereocenters. The molecule has 156 valence electrons. The van der Waals surface area contributed by atoms with Crippen LogP contribution >= 0.6 is 0 Å². The number of aryl methyl sites for hydroxylation is 1. The average molecular weight is 412 g/mol. The summed E-state index contributed by atoms with van der Waals surface area (Å²) in [5, 5.41) is 4.51. The van der Waals surface area contributed by atoms with Gasteiger partial charge in [0.1, 0.15) is 0 Å². The molecule has 0 radical (unpaired) electrons. The second-order valence-corrected chi connectivity index (χ2v) is 7.99. The van der Waals surface area contributed by atoms with Crippen LogP contribution in [0.4, 0.5) is 11.6 Å². The van der Waals surface area contributed by atoms with Crippen molar-refractivity contribution in [3.05, 3.63) is 71.5 Å². The van der Waals surface area contributed by atoms with Crippen molar-refractivity contribution in [3.8, 4) is 5.69 Å². The molecule has 0 N–H and O–H groups in total. The van der Waals surface area contributed by atoms with Gasteiger partial charge in [0, 0.05) is 20.1 Å². The zero-order chi connectivity index (χ0) is 21.5. The Bertz CT molecular complexity index is 1290. The molecule has 0 atom stereocenters. The van der Waals surface area contributed by atoms with Crippen LogP contribution in [0.1, 0.15) is 28.0 Å². The van der Waals surface area contributed by atoms with Crippen LogP contribution in [-0.2, 0) is 0 Å². The summed E-state index contributed by atoms with van der Waals surface area (Å²) >= 11 is 0. The van der Waals surface area contributed by atoms with Crippen molar-refractivity contribution in [2.24, 2.45) is 0 Å². The number of carbonyl (C=O) groups is 1. The summed E-state index contributed by atoms with van der Waals surface area (Å²) in [7, 11) is 2.00. The molecule has 5 rings (SSSR count). The standard InChI is InChI=1S/C24H24N6O/c1-16-8-6-9-18(14-16)30-17(2)19(15-25-30)24(31)29-13-7-12-28(3)22-23(29)27-21-11-5-4-10-20(21)26-22/h4-6,8-11,14-15H,7,12-13H2,1-3H3. The Morgan fingerprint density at radius 2 is 1.68 bits per heavy atom. The zero-order valence-electron chi connectivity index (χ0n) is 17.9. The van der Waals surface area contributed by atoms with Gasteiger partial charge in [-0.1, -0.05) is 24.3 Å². The Morgan fingerprint density at radius 1 is 0.935 bits per heavy atom. The molecule has 1 aliphatic rings. The van der Waals surface area contributed by atoms with Crippen LogP contribution in [-0.4, -0.2) is 45.8 Å². The largest absolute Gasteiger partial charge is 0.357 e. The van der Waals surface area contributed by atoms with Crippen molar-refractivity contribution in [1.29, 1.82) is 0 Å². The molecule has 0 aliphatic carbocycles. The van der Waals surface area contributed by atoms with Crippen LogP contribution in [0.5, 0.6) is 0 Å². The summed E-state index contributed by atoms with van der Waals surface area (Å²) in [6.07, 6.45) is 2.49. The zero-order valence-corrected chi connectivity index (χ0v) is 17.9. The number of nitrogens with zero attached hydrogens (tertiary/aromatic N) is 6. The maximum atomic E-state index is 13.7. The number of amides is 1. The predicted molar refractivity (Wildman–Crippen MR) is 122 cm³/mol. The Labute approximate surface area is 181 Å². The highest BCUT2D eigenvalue weighted by molar-refractivity contribution is 6.08. The minimum atomic E-state index is -0.0995. The van der Waals surface area contributed by atoms with Gasteiger partial charge in [-0.2, -0.15) is 5.10 Å². The molecule has 2 aromatic carbocycles. The number of benzene rings is 2. The van der Waals surface area contributed by atoms with E-state index in [1.807, 2.05) is 68.0 Å². The number of aromatic nitrogens is 4. The first-order valence-corrected chi connectivity index (χ1v) is 10.4. The Balaban J connectivity index is 1.59. The molecule has 0 bridgehead atoms. The monoisotopic (exact) mass is 412 g/mol. The first-order chi connectivity index (χ1) is 15.0. The highest BCUT2D eigenvalue weighted by Gasteiger charge is 2.29. The second kappa shape index (κ2) is 7.50. The number of carbonyl (C=O) groups excluding carboxylic acids is 1. The van der Waals surface area contributed by atoms with Gasteiger partial charge in [-0.25, -0.2) is 14.6 Å². The summed E-state index contributed by atoms with van der Waals surface area (Å²) in [6.45, 7) is 5.37. The summed E-state index contributed by atoms with van der Waals surface area (Å²) < 4.78 is 1.82. The fourth-order valence-corrected chi connectivity index (χ4v) is 4.08. The van der Waals surface area contributed by atoms with Crippen LogP contribution in [0.2, 0.25) is 0 Å². The first-order valence-electron chi connectivity index (χ1n) is 10.4. The molecule has 2 aromatic heterocycles. The van der Waals surface area contributed by atoms with E-state index in [0.29, 0.717) is 17.9 Å². The molecule has 0 saturated heterocycles. The second-order valence-electron chi connectivity index (χ2n) is 7.99. The van der Waals surface area contributed by atoms with E-state index in [0.717, 1.165) is 46.8 Å². The maximum absolute atomic E-state index is 13.7. The molecule has 1 aliphatic heterocycles. The quantitative estimate of drug-likeness (QED) is 0.499. The summed E-state index contributed by atoms with van der Waals surface area (Å²) in [5.41, 5.74) is 5.08. The van der Waals surface area contributed by atoms with Crippen LogP contribution in [0.15, 0.2) is 54.7 Å².